The zero-order valence-electron chi connectivity index (χ0n) is 18.3. The van der Waals surface area contributed by atoms with Gasteiger partial charge in [-0.3, -0.25) is 9.59 Å². The molecule has 5 heteroatoms. The number of unbranched alkanes of at least 4 members (excludes halogenated alkanes) is 12. The summed E-state index contributed by atoms with van der Waals surface area (Å²) in [5.74, 6) is -1.75. The summed E-state index contributed by atoms with van der Waals surface area (Å²) in [5, 5.41) is 11.8. The molecule has 0 aromatic rings. The average molecular weight is 398 g/mol. The van der Waals surface area contributed by atoms with E-state index in [-0.39, 0.29) is 31.1 Å². The van der Waals surface area contributed by atoms with Crippen LogP contribution in [0.25, 0.3) is 0 Å². The standard InChI is InChI=1S/C23H43NO4/c1-3-4-5-6-7-8-9-10-11-12-13-14-15-16-22(26)24-19-21(23(27)28)18-17-20(2)25/h21H,3-19H2,1-2H3,(H,24,26)(H,27,28)/t21-/m1/s1. The van der Waals surface area contributed by atoms with Crippen molar-refractivity contribution in [3.05, 3.63) is 0 Å². The summed E-state index contributed by atoms with van der Waals surface area (Å²) in [4.78, 5) is 34.0. The molecule has 164 valence electrons. The van der Waals surface area contributed by atoms with Gasteiger partial charge in [-0.05, 0) is 19.8 Å². The van der Waals surface area contributed by atoms with Gasteiger partial charge in [-0.25, -0.2) is 0 Å². The Labute approximate surface area is 172 Å². The second-order valence-electron chi connectivity index (χ2n) is 8.07. The number of carbonyl (C=O) groups is 3. The van der Waals surface area contributed by atoms with Gasteiger partial charge in [0.15, 0.2) is 0 Å². The van der Waals surface area contributed by atoms with Crippen molar-refractivity contribution in [3.63, 3.8) is 0 Å². The van der Waals surface area contributed by atoms with E-state index in [1.807, 2.05) is 0 Å². The van der Waals surface area contributed by atoms with Crippen LogP contribution in [0.4, 0.5) is 0 Å². The average Bonchev–Trinajstić information content (AvgIpc) is 2.64. The molecule has 0 fully saturated rings. The highest BCUT2D eigenvalue weighted by Gasteiger charge is 2.18. The zero-order chi connectivity index (χ0) is 21.0. The van der Waals surface area contributed by atoms with Crippen LogP contribution in [-0.4, -0.2) is 29.3 Å². The highest BCUT2D eigenvalue weighted by molar-refractivity contribution is 5.78. The van der Waals surface area contributed by atoms with Gasteiger partial charge in [-0.2, -0.15) is 0 Å². The van der Waals surface area contributed by atoms with Gasteiger partial charge in [0, 0.05) is 19.4 Å². The highest BCUT2D eigenvalue weighted by Crippen LogP contribution is 2.13. The number of Topliss-reactive ketones (excluding diaryl/α,β-unsaturated/α-hetero) is 1. The van der Waals surface area contributed by atoms with E-state index in [2.05, 4.69) is 12.2 Å². The number of amides is 1. The van der Waals surface area contributed by atoms with Gasteiger partial charge in [-0.1, -0.05) is 84.0 Å². The predicted octanol–water partition coefficient (Wildman–Crippen LogP) is 5.65. The number of carbonyl (C=O) groups excluding carboxylic acids is 2. The SMILES string of the molecule is CCCCCCCCCCCCCCCC(=O)NC[C@@H](CCC(C)=O)C(=O)O. The first kappa shape index (κ1) is 26.6. The van der Waals surface area contributed by atoms with Gasteiger partial charge >= 0.3 is 5.97 Å². The third kappa shape index (κ3) is 18.0. The number of rotatable bonds is 20. The predicted molar refractivity (Wildman–Crippen MR) is 114 cm³/mol. The summed E-state index contributed by atoms with van der Waals surface area (Å²) in [6.45, 7) is 3.81. The van der Waals surface area contributed by atoms with Gasteiger partial charge in [0.25, 0.3) is 0 Å². The molecule has 1 amide bonds. The molecule has 0 aliphatic carbocycles. The van der Waals surface area contributed by atoms with E-state index in [4.69, 9.17) is 5.11 Å². The third-order valence-electron chi connectivity index (χ3n) is 5.25. The molecule has 0 radical (unpaired) electrons. The number of nitrogens with one attached hydrogen (secondary N) is 1. The lowest BCUT2D eigenvalue weighted by molar-refractivity contribution is -0.142. The van der Waals surface area contributed by atoms with Gasteiger partial charge in [-0.15, -0.1) is 0 Å². The lowest BCUT2D eigenvalue weighted by atomic mass is 10.0. The molecule has 0 aliphatic heterocycles. The summed E-state index contributed by atoms with van der Waals surface area (Å²) >= 11 is 0. The van der Waals surface area contributed by atoms with Crippen LogP contribution in [0.2, 0.25) is 0 Å². The van der Waals surface area contributed by atoms with Crippen molar-refractivity contribution in [3.8, 4) is 0 Å². The Morgan fingerprint density at radius 2 is 1.21 bits per heavy atom. The maximum absolute atomic E-state index is 11.8. The van der Waals surface area contributed by atoms with E-state index in [0.717, 1.165) is 12.8 Å². The molecule has 0 bridgehead atoms. The Hall–Kier alpha value is -1.39. The molecule has 1 atom stereocenters. The first-order valence-corrected chi connectivity index (χ1v) is 11.5. The van der Waals surface area contributed by atoms with Crippen LogP contribution in [0.3, 0.4) is 0 Å². The molecule has 0 aromatic carbocycles. The van der Waals surface area contributed by atoms with E-state index >= 15 is 0 Å². The van der Waals surface area contributed by atoms with Gasteiger partial charge in [0.05, 0.1) is 5.92 Å². The largest absolute Gasteiger partial charge is 0.481 e. The van der Waals surface area contributed by atoms with E-state index in [1.54, 1.807) is 0 Å². The first-order chi connectivity index (χ1) is 13.5. The maximum atomic E-state index is 11.8. The zero-order valence-corrected chi connectivity index (χ0v) is 18.3. The van der Waals surface area contributed by atoms with E-state index in [0.29, 0.717) is 6.42 Å². The number of hydrogen-bond donors (Lipinski definition) is 2. The molecule has 0 saturated carbocycles. The Morgan fingerprint density at radius 1 is 0.750 bits per heavy atom. The van der Waals surface area contributed by atoms with Crippen LogP contribution in [-0.2, 0) is 14.4 Å². The van der Waals surface area contributed by atoms with Crippen molar-refractivity contribution >= 4 is 17.7 Å². The molecule has 0 heterocycles. The van der Waals surface area contributed by atoms with Gasteiger partial charge in [0.2, 0.25) is 5.91 Å². The quantitative estimate of drug-likeness (QED) is 0.260. The Morgan fingerprint density at radius 3 is 1.64 bits per heavy atom. The second-order valence-corrected chi connectivity index (χ2v) is 8.07. The minimum absolute atomic E-state index is 0.0236. The normalized spacial score (nSPS) is 11.9. The Bertz CT molecular complexity index is 423. The van der Waals surface area contributed by atoms with Crippen molar-refractivity contribution in [2.75, 3.05) is 6.54 Å². The molecule has 0 saturated heterocycles. The molecule has 5 nitrogen and oxygen atoms in total. The van der Waals surface area contributed by atoms with Crippen LogP contribution < -0.4 is 5.32 Å². The van der Waals surface area contributed by atoms with Crippen LogP contribution in [0.5, 0.6) is 0 Å². The molecule has 0 aromatic heterocycles. The topological polar surface area (TPSA) is 83.5 Å². The summed E-state index contributed by atoms with van der Waals surface area (Å²) in [5.41, 5.74) is 0. The van der Waals surface area contributed by atoms with Crippen molar-refractivity contribution < 1.29 is 19.5 Å². The number of carboxylic acid groups (broad SMARTS) is 1. The van der Waals surface area contributed by atoms with Crippen molar-refractivity contribution in [1.82, 2.24) is 5.32 Å². The van der Waals surface area contributed by atoms with Crippen LogP contribution in [0, 0.1) is 5.92 Å². The molecule has 0 unspecified atom stereocenters. The highest BCUT2D eigenvalue weighted by atomic mass is 16.4. The molecular formula is C23H43NO4. The van der Waals surface area contributed by atoms with Crippen molar-refractivity contribution in [2.24, 2.45) is 5.92 Å². The Kier molecular flexibility index (Phi) is 18.0. The fourth-order valence-corrected chi connectivity index (χ4v) is 3.32. The second kappa shape index (κ2) is 18.9. The summed E-state index contributed by atoms with van der Waals surface area (Å²) < 4.78 is 0. The fourth-order valence-electron chi connectivity index (χ4n) is 3.32. The van der Waals surface area contributed by atoms with E-state index in [9.17, 15) is 14.4 Å². The van der Waals surface area contributed by atoms with Crippen LogP contribution in [0.15, 0.2) is 0 Å². The molecular weight excluding hydrogens is 354 g/mol. The van der Waals surface area contributed by atoms with Crippen LogP contribution in [0.1, 0.15) is 117 Å². The minimum atomic E-state index is -0.956. The lowest BCUT2D eigenvalue weighted by Gasteiger charge is -2.12. The van der Waals surface area contributed by atoms with E-state index < -0.39 is 11.9 Å². The molecule has 0 rings (SSSR count). The molecule has 28 heavy (non-hydrogen) atoms. The molecule has 0 spiro atoms. The minimum Gasteiger partial charge on any atom is -0.481 e. The fraction of sp³-hybridized carbons (Fsp3) is 0.870. The third-order valence-corrected chi connectivity index (χ3v) is 5.25. The summed E-state index contributed by atoms with van der Waals surface area (Å²) in [6.07, 6.45) is 17.5. The van der Waals surface area contributed by atoms with Crippen LogP contribution >= 0.6 is 0 Å². The van der Waals surface area contributed by atoms with Crippen molar-refractivity contribution in [2.45, 2.75) is 117 Å². The van der Waals surface area contributed by atoms with E-state index in [1.165, 1.54) is 77.6 Å². The summed E-state index contributed by atoms with van der Waals surface area (Å²) in [7, 11) is 0. The number of ketones is 1. The molecule has 2 N–H and O–H groups in total. The van der Waals surface area contributed by atoms with Gasteiger partial charge in [0.1, 0.15) is 5.78 Å². The first-order valence-electron chi connectivity index (χ1n) is 11.5. The summed E-state index contributed by atoms with van der Waals surface area (Å²) in [6, 6.07) is 0. The molecule has 0 aliphatic rings. The Balaban J connectivity index is 3.49. The monoisotopic (exact) mass is 397 g/mol. The number of hydrogen-bond acceptors (Lipinski definition) is 3. The maximum Gasteiger partial charge on any atom is 0.308 e. The van der Waals surface area contributed by atoms with Crippen molar-refractivity contribution in [1.29, 1.82) is 0 Å². The smallest absolute Gasteiger partial charge is 0.308 e. The number of carboxylic acids is 1. The lowest BCUT2D eigenvalue weighted by Crippen LogP contribution is -2.33. The number of aliphatic carboxylic acids is 1. The van der Waals surface area contributed by atoms with Gasteiger partial charge < -0.3 is 15.2 Å².